The highest BCUT2D eigenvalue weighted by molar-refractivity contribution is 9.10. The maximum absolute atomic E-state index is 13.1. The molecule has 0 spiro atoms. The Labute approximate surface area is 203 Å². The minimum Gasteiger partial charge on any atom is -0.364 e. The molecule has 2 atom stereocenters. The molecular formula is C24H22BrClF3N3O. The number of carbonyl (C=O) groups excluding carboxylic acids is 1. The second-order valence-corrected chi connectivity index (χ2v) is 9.08. The van der Waals surface area contributed by atoms with Crippen molar-refractivity contribution in [2.45, 2.75) is 32.5 Å². The second-order valence-electron chi connectivity index (χ2n) is 7.77. The van der Waals surface area contributed by atoms with Gasteiger partial charge in [-0.3, -0.25) is 4.79 Å². The highest BCUT2D eigenvalue weighted by Crippen LogP contribution is 2.32. The van der Waals surface area contributed by atoms with Crippen LogP contribution in [0.4, 0.5) is 18.9 Å². The minimum atomic E-state index is -4.55. The molecule has 1 aliphatic heterocycles. The number of benzene rings is 2. The maximum Gasteiger partial charge on any atom is 0.416 e. The number of nitrogens with zero attached hydrogens (tertiary/aromatic N) is 1. The van der Waals surface area contributed by atoms with Gasteiger partial charge in [-0.15, -0.1) is 0 Å². The maximum atomic E-state index is 13.1. The summed E-state index contributed by atoms with van der Waals surface area (Å²) in [5.41, 5.74) is 0.322. The molecule has 2 N–H and O–H groups in total. The summed E-state index contributed by atoms with van der Waals surface area (Å²) < 4.78 is 39.4. The monoisotopic (exact) mass is 539 g/mol. The summed E-state index contributed by atoms with van der Waals surface area (Å²) in [5.74, 6) is 0.286. The van der Waals surface area contributed by atoms with Gasteiger partial charge in [0.25, 0.3) is 5.91 Å². The summed E-state index contributed by atoms with van der Waals surface area (Å²) >= 11 is 9.16. The number of nitrogens with one attached hydrogen (secondary N) is 2. The predicted octanol–water partition coefficient (Wildman–Crippen LogP) is 7.45. The van der Waals surface area contributed by atoms with Crippen molar-refractivity contribution >= 4 is 44.3 Å². The van der Waals surface area contributed by atoms with Crippen LogP contribution >= 0.6 is 27.5 Å². The third kappa shape index (κ3) is 7.20. The van der Waals surface area contributed by atoms with Crippen molar-refractivity contribution in [2.24, 2.45) is 10.9 Å². The first-order valence-electron chi connectivity index (χ1n) is 10.2. The molecule has 2 aromatic carbocycles. The molecule has 1 amide bonds. The number of allylic oxidation sites excluding steroid dienone is 3. The van der Waals surface area contributed by atoms with Crippen LogP contribution in [0.15, 0.2) is 76.0 Å². The number of hydrogen-bond donors (Lipinski definition) is 2. The summed E-state index contributed by atoms with van der Waals surface area (Å²) in [6.45, 7) is 4.02. The van der Waals surface area contributed by atoms with E-state index < -0.39 is 17.6 Å². The molecule has 3 rings (SSSR count). The lowest BCUT2D eigenvalue weighted by Crippen LogP contribution is -2.19. The fourth-order valence-corrected chi connectivity index (χ4v) is 3.94. The Morgan fingerprint density at radius 1 is 1.24 bits per heavy atom. The number of rotatable bonds is 5. The van der Waals surface area contributed by atoms with E-state index in [4.69, 9.17) is 11.6 Å². The summed E-state index contributed by atoms with van der Waals surface area (Å²) in [6.07, 6.45) is 2.03. The van der Waals surface area contributed by atoms with Crippen LogP contribution in [0.2, 0.25) is 0 Å². The van der Waals surface area contributed by atoms with E-state index in [0.717, 1.165) is 24.1 Å². The second kappa shape index (κ2) is 10.6. The van der Waals surface area contributed by atoms with E-state index >= 15 is 0 Å². The third-order valence-electron chi connectivity index (χ3n) is 4.93. The van der Waals surface area contributed by atoms with Gasteiger partial charge in [-0.05, 0) is 67.3 Å². The molecule has 9 heteroatoms. The topological polar surface area (TPSA) is 53.5 Å². The number of hydrogen-bond acceptors (Lipinski definition) is 3. The fraction of sp³-hybridized carbons (Fsp3) is 0.250. The molecule has 4 nitrogen and oxygen atoms in total. The van der Waals surface area contributed by atoms with Gasteiger partial charge in [0.15, 0.2) is 0 Å². The molecule has 0 aliphatic carbocycles. The lowest BCUT2D eigenvalue weighted by molar-refractivity contribution is -0.137. The van der Waals surface area contributed by atoms with Crippen LogP contribution in [0.3, 0.4) is 0 Å². The van der Waals surface area contributed by atoms with Gasteiger partial charge in [-0.25, -0.2) is 4.99 Å². The third-order valence-corrected chi connectivity index (χ3v) is 5.60. The molecule has 0 bridgehead atoms. The van der Waals surface area contributed by atoms with Gasteiger partial charge in [0, 0.05) is 15.7 Å². The molecule has 0 saturated carbocycles. The van der Waals surface area contributed by atoms with Crippen molar-refractivity contribution in [1.29, 1.82) is 0 Å². The highest BCUT2D eigenvalue weighted by Gasteiger charge is 2.31. The molecule has 33 heavy (non-hydrogen) atoms. The molecule has 0 radical (unpaired) electrons. The predicted molar refractivity (Wildman–Crippen MR) is 129 cm³/mol. The zero-order chi connectivity index (χ0) is 24.2. The van der Waals surface area contributed by atoms with Gasteiger partial charge in [0.05, 0.1) is 11.6 Å². The number of anilines is 1. The van der Waals surface area contributed by atoms with E-state index in [2.05, 4.69) is 38.5 Å². The van der Waals surface area contributed by atoms with E-state index in [9.17, 15) is 18.0 Å². The van der Waals surface area contributed by atoms with Crippen LogP contribution in [-0.2, 0) is 6.18 Å². The standard InChI is InChI=1S/C24H22BrClF3N3O/c1-14-5-3-8-21(26)32-22(9-14)30-15(2)16-6-4-7-20(12-16)31-23(33)17-10-18(24(27,28)29)13-19(25)11-17/h3-4,6-15,30H,5H2,1-2H3,(H,31,33)/b8-3+,22-9-,32-21+/t14?,15-/m0/s1. The zero-order valence-corrected chi connectivity index (χ0v) is 20.2. The van der Waals surface area contributed by atoms with Crippen molar-refractivity contribution in [2.75, 3.05) is 5.32 Å². The average Bonchev–Trinajstić information content (AvgIpc) is 2.71. The van der Waals surface area contributed by atoms with Gasteiger partial charge in [-0.1, -0.05) is 52.7 Å². The molecule has 1 aliphatic rings. The quantitative estimate of drug-likeness (QED) is 0.414. The van der Waals surface area contributed by atoms with Crippen LogP contribution in [0, 0.1) is 5.92 Å². The van der Waals surface area contributed by atoms with Crippen LogP contribution in [0.5, 0.6) is 0 Å². The fourth-order valence-electron chi connectivity index (χ4n) is 3.27. The number of carbonyl (C=O) groups is 1. The first-order valence-corrected chi connectivity index (χ1v) is 11.4. The number of amides is 1. The molecule has 2 aromatic rings. The zero-order valence-electron chi connectivity index (χ0n) is 17.9. The lowest BCUT2D eigenvalue weighted by atomic mass is 10.1. The Bertz CT molecular complexity index is 1130. The Kier molecular flexibility index (Phi) is 8.02. The van der Waals surface area contributed by atoms with Gasteiger partial charge in [0.1, 0.15) is 11.0 Å². The van der Waals surface area contributed by atoms with Crippen LogP contribution in [0.25, 0.3) is 0 Å². The van der Waals surface area contributed by atoms with E-state index in [1.807, 2.05) is 25.1 Å². The first kappa shape index (κ1) is 25.1. The number of alkyl halides is 3. The van der Waals surface area contributed by atoms with Gasteiger partial charge in [-0.2, -0.15) is 13.2 Å². The van der Waals surface area contributed by atoms with Crippen molar-refractivity contribution < 1.29 is 18.0 Å². The Balaban J connectivity index is 1.76. The van der Waals surface area contributed by atoms with E-state index in [1.165, 1.54) is 6.07 Å². The van der Waals surface area contributed by atoms with Crippen molar-refractivity contribution in [3.63, 3.8) is 0 Å². The van der Waals surface area contributed by atoms with E-state index in [-0.39, 0.29) is 22.0 Å². The number of aliphatic imine (C=N–C) groups is 1. The summed E-state index contributed by atoms with van der Waals surface area (Å²) in [6, 6.07) is 10.0. The van der Waals surface area contributed by atoms with Crippen LogP contribution in [-0.4, -0.2) is 11.1 Å². The Morgan fingerprint density at radius 3 is 2.73 bits per heavy atom. The van der Waals surface area contributed by atoms with E-state index in [1.54, 1.807) is 24.3 Å². The smallest absolute Gasteiger partial charge is 0.364 e. The van der Waals surface area contributed by atoms with Crippen molar-refractivity contribution in [1.82, 2.24) is 5.32 Å². The van der Waals surface area contributed by atoms with Crippen molar-refractivity contribution in [3.05, 3.63) is 87.7 Å². The van der Waals surface area contributed by atoms with Gasteiger partial charge < -0.3 is 10.6 Å². The molecule has 0 aromatic heterocycles. The SMILES string of the molecule is CC1\C=C(N[C@@H](C)c2cccc(NC(=O)c3cc(Br)cc(C(F)(F)F)c3)c2)/N=C(Cl)\C=C\C1. The molecule has 0 saturated heterocycles. The summed E-state index contributed by atoms with van der Waals surface area (Å²) in [4.78, 5) is 17.0. The van der Waals surface area contributed by atoms with Gasteiger partial charge in [0.2, 0.25) is 0 Å². The van der Waals surface area contributed by atoms with Crippen LogP contribution < -0.4 is 10.6 Å². The first-order chi connectivity index (χ1) is 15.5. The highest BCUT2D eigenvalue weighted by atomic mass is 79.9. The molecule has 0 fully saturated rings. The molecule has 174 valence electrons. The lowest BCUT2D eigenvalue weighted by Gasteiger charge is -2.19. The Hall–Kier alpha value is -2.58. The minimum absolute atomic E-state index is 0.0982. The van der Waals surface area contributed by atoms with Crippen LogP contribution in [0.1, 0.15) is 47.8 Å². The molecule has 1 heterocycles. The average molecular weight is 541 g/mol. The molecular weight excluding hydrogens is 519 g/mol. The molecule has 1 unspecified atom stereocenters. The van der Waals surface area contributed by atoms with E-state index in [0.29, 0.717) is 16.7 Å². The van der Waals surface area contributed by atoms with Gasteiger partial charge >= 0.3 is 6.18 Å². The largest absolute Gasteiger partial charge is 0.416 e. The Morgan fingerprint density at radius 2 is 2.00 bits per heavy atom. The number of halogens is 5. The summed E-state index contributed by atoms with van der Waals surface area (Å²) in [7, 11) is 0. The van der Waals surface area contributed by atoms with Crippen molar-refractivity contribution in [3.8, 4) is 0 Å². The normalized spacial score (nSPS) is 21.5. The summed E-state index contributed by atoms with van der Waals surface area (Å²) in [5, 5.41) is 6.36.